The summed E-state index contributed by atoms with van der Waals surface area (Å²) in [5.41, 5.74) is 12.5. The van der Waals surface area contributed by atoms with Crippen LogP contribution in [0.5, 0.6) is 5.75 Å². The van der Waals surface area contributed by atoms with Crippen LogP contribution < -0.4 is 10.5 Å². The van der Waals surface area contributed by atoms with E-state index in [4.69, 9.17) is 11.3 Å². The van der Waals surface area contributed by atoms with E-state index < -0.39 is 11.0 Å². The van der Waals surface area contributed by atoms with Gasteiger partial charge in [-0.3, -0.25) is 10.1 Å². The van der Waals surface area contributed by atoms with Crippen molar-refractivity contribution in [3.63, 3.8) is 0 Å². The summed E-state index contributed by atoms with van der Waals surface area (Å²) in [6.07, 6.45) is -1.11. The highest BCUT2D eigenvalue weighted by Gasteiger charge is 2.12. The summed E-state index contributed by atoms with van der Waals surface area (Å²) >= 11 is 0. The number of nitro benzene ring substituents is 1. The average Bonchev–Trinajstić information content (AvgIpc) is 2.20. The Balaban J connectivity index is 3.23. The third-order valence-electron chi connectivity index (χ3n) is 1.52. The monoisotopic (exact) mass is 223 g/mol. The highest BCUT2D eigenvalue weighted by atomic mass is 16.6. The zero-order chi connectivity index (χ0) is 12.1. The second-order valence-electron chi connectivity index (χ2n) is 2.52. The lowest BCUT2D eigenvalue weighted by molar-refractivity contribution is -0.384. The van der Waals surface area contributed by atoms with Crippen LogP contribution in [0.3, 0.4) is 0 Å². The predicted octanol–water partition coefficient (Wildman–Crippen LogP) is 1.99. The van der Waals surface area contributed by atoms with Crippen LogP contribution in [0.1, 0.15) is 0 Å². The van der Waals surface area contributed by atoms with Gasteiger partial charge in [-0.2, -0.15) is 0 Å². The van der Waals surface area contributed by atoms with E-state index in [2.05, 4.69) is 14.8 Å². The molecule has 16 heavy (non-hydrogen) atoms. The number of carbonyl (C=O) groups excluding carboxylic acids is 1. The van der Waals surface area contributed by atoms with Gasteiger partial charge in [0, 0.05) is 17.0 Å². The van der Waals surface area contributed by atoms with Crippen molar-refractivity contribution in [2.24, 2.45) is 10.8 Å². The number of nitrogens with two attached hydrogens (primary N) is 1. The molecule has 0 heterocycles. The molecule has 0 aromatic heterocycles. The highest BCUT2D eigenvalue weighted by molar-refractivity contribution is 5.71. The third-order valence-corrected chi connectivity index (χ3v) is 1.52. The van der Waals surface area contributed by atoms with Gasteiger partial charge < -0.3 is 10.5 Å². The van der Waals surface area contributed by atoms with E-state index >= 15 is 0 Å². The molecule has 0 atom stereocenters. The minimum atomic E-state index is -1.11. The Labute approximate surface area is 88.2 Å². The number of carbonyl (C=O) groups is 1. The van der Waals surface area contributed by atoms with Gasteiger partial charge in [0.15, 0.2) is 0 Å². The zero-order valence-electron chi connectivity index (χ0n) is 7.73. The molecule has 2 N–H and O–H groups in total. The summed E-state index contributed by atoms with van der Waals surface area (Å²) < 4.78 is 4.48. The first-order chi connectivity index (χ1) is 7.54. The van der Waals surface area contributed by atoms with Gasteiger partial charge in [-0.15, -0.1) is 0 Å². The van der Waals surface area contributed by atoms with Gasteiger partial charge >= 0.3 is 6.09 Å². The number of primary amides is 1. The fourth-order valence-electron chi connectivity index (χ4n) is 0.940. The van der Waals surface area contributed by atoms with Crippen molar-refractivity contribution < 1.29 is 14.5 Å². The minimum Gasteiger partial charge on any atom is -0.410 e. The van der Waals surface area contributed by atoms with Crippen LogP contribution in [-0.4, -0.2) is 11.0 Å². The number of rotatable bonds is 3. The van der Waals surface area contributed by atoms with Gasteiger partial charge in [-0.1, -0.05) is 5.11 Å². The second kappa shape index (κ2) is 4.62. The Hall–Kier alpha value is -2.80. The Kier molecular flexibility index (Phi) is 3.26. The summed E-state index contributed by atoms with van der Waals surface area (Å²) in [6, 6.07) is 3.18. The van der Waals surface area contributed by atoms with Crippen LogP contribution in [-0.2, 0) is 0 Å². The van der Waals surface area contributed by atoms with E-state index in [0.717, 1.165) is 18.2 Å². The van der Waals surface area contributed by atoms with Gasteiger partial charge in [-0.25, -0.2) is 4.79 Å². The van der Waals surface area contributed by atoms with Gasteiger partial charge in [0.2, 0.25) is 0 Å². The molecule has 0 saturated heterocycles. The van der Waals surface area contributed by atoms with E-state index in [1.807, 2.05) is 0 Å². The summed E-state index contributed by atoms with van der Waals surface area (Å²) in [5, 5.41) is 13.6. The molecule has 9 nitrogen and oxygen atoms in total. The fraction of sp³-hybridized carbons (Fsp3) is 0. The van der Waals surface area contributed by atoms with Crippen LogP contribution in [0.4, 0.5) is 16.2 Å². The summed E-state index contributed by atoms with van der Waals surface area (Å²) in [6.45, 7) is 0. The van der Waals surface area contributed by atoms with Crippen molar-refractivity contribution >= 4 is 17.5 Å². The molecule has 0 fully saturated rings. The molecular formula is C7H5N5O4. The Morgan fingerprint density at radius 2 is 2.31 bits per heavy atom. The number of nitro groups is 1. The van der Waals surface area contributed by atoms with Crippen molar-refractivity contribution in [2.45, 2.75) is 0 Å². The van der Waals surface area contributed by atoms with E-state index in [1.165, 1.54) is 0 Å². The minimum absolute atomic E-state index is 0.143. The Morgan fingerprint density at radius 3 is 2.81 bits per heavy atom. The molecule has 0 radical (unpaired) electrons. The van der Waals surface area contributed by atoms with Crippen LogP contribution in [0.25, 0.3) is 10.4 Å². The van der Waals surface area contributed by atoms with E-state index in [0.29, 0.717) is 0 Å². The molecule has 0 unspecified atom stereocenters. The van der Waals surface area contributed by atoms with Gasteiger partial charge in [0.25, 0.3) is 5.69 Å². The number of nitrogens with zero attached hydrogens (tertiary/aromatic N) is 4. The molecule has 1 amide bonds. The van der Waals surface area contributed by atoms with Crippen LogP contribution in [0, 0.1) is 10.1 Å². The van der Waals surface area contributed by atoms with Gasteiger partial charge in [0.1, 0.15) is 5.75 Å². The first-order valence-electron chi connectivity index (χ1n) is 3.85. The molecule has 0 saturated carbocycles. The van der Waals surface area contributed by atoms with E-state index in [-0.39, 0.29) is 17.1 Å². The Bertz CT molecular complexity index is 494. The predicted molar refractivity (Wildman–Crippen MR) is 52.1 cm³/mol. The van der Waals surface area contributed by atoms with Crippen molar-refractivity contribution in [3.8, 4) is 5.75 Å². The topological polar surface area (TPSA) is 144 Å². The average molecular weight is 223 g/mol. The maximum absolute atomic E-state index is 10.5. The highest BCUT2D eigenvalue weighted by Crippen LogP contribution is 2.31. The van der Waals surface area contributed by atoms with Gasteiger partial charge in [0.05, 0.1) is 10.6 Å². The lowest BCUT2D eigenvalue weighted by Crippen LogP contribution is -2.16. The number of hydrogen-bond acceptors (Lipinski definition) is 5. The quantitative estimate of drug-likeness (QED) is 0.274. The smallest absolute Gasteiger partial charge is 0.409 e. The van der Waals surface area contributed by atoms with Crippen molar-refractivity contribution in [3.05, 3.63) is 38.8 Å². The molecule has 0 spiro atoms. The molecular weight excluding hydrogens is 218 g/mol. The number of benzene rings is 1. The number of amides is 1. The maximum atomic E-state index is 10.5. The summed E-state index contributed by atoms with van der Waals surface area (Å²) in [7, 11) is 0. The van der Waals surface area contributed by atoms with E-state index in [1.54, 1.807) is 0 Å². The SMILES string of the molecule is [N-]=[N+]=Nc1cc([N+](=O)[O-])ccc1OC(N)=O. The molecule has 1 aromatic rings. The number of ether oxygens (including phenoxy) is 1. The van der Waals surface area contributed by atoms with E-state index in [9.17, 15) is 14.9 Å². The van der Waals surface area contributed by atoms with Crippen LogP contribution in [0.15, 0.2) is 23.3 Å². The van der Waals surface area contributed by atoms with Crippen molar-refractivity contribution in [2.75, 3.05) is 0 Å². The number of azide groups is 1. The van der Waals surface area contributed by atoms with Crippen molar-refractivity contribution in [1.29, 1.82) is 0 Å². The van der Waals surface area contributed by atoms with Crippen LogP contribution in [0.2, 0.25) is 0 Å². The summed E-state index contributed by atoms with van der Waals surface area (Å²) in [5.74, 6) is -0.143. The molecule has 1 aromatic carbocycles. The summed E-state index contributed by atoms with van der Waals surface area (Å²) in [4.78, 5) is 22.7. The second-order valence-corrected chi connectivity index (χ2v) is 2.52. The first-order valence-corrected chi connectivity index (χ1v) is 3.85. The maximum Gasteiger partial charge on any atom is 0.409 e. The lowest BCUT2D eigenvalue weighted by atomic mass is 10.2. The molecule has 0 aliphatic carbocycles. The molecule has 1 rings (SSSR count). The van der Waals surface area contributed by atoms with Gasteiger partial charge in [-0.05, 0) is 11.6 Å². The molecule has 9 heteroatoms. The normalized spacial score (nSPS) is 9.00. The third kappa shape index (κ3) is 2.59. The largest absolute Gasteiger partial charge is 0.410 e. The number of hydrogen-bond donors (Lipinski definition) is 1. The molecule has 0 bridgehead atoms. The molecule has 0 aliphatic rings. The standard InChI is InChI=1S/C7H5N5O4/c8-7(13)16-6-2-1-4(12(14)15)3-5(6)10-11-9/h1-3H,(H2,8,13). The fourth-order valence-corrected chi connectivity index (χ4v) is 0.940. The molecule has 0 aliphatic heterocycles. The lowest BCUT2D eigenvalue weighted by Gasteiger charge is -2.03. The van der Waals surface area contributed by atoms with Crippen LogP contribution >= 0.6 is 0 Å². The van der Waals surface area contributed by atoms with Crippen molar-refractivity contribution in [1.82, 2.24) is 0 Å². The first kappa shape index (κ1) is 11.3. The Morgan fingerprint density at radius 1 is 1.62 bits per heavy atom. The number of non-ortho nitro benzene ring substituents is 1. The zero-order valence-corrected chi connectivity index (χ0v) is 7.73. The molecule has 82 valence electrons.